The van der Waals surface area contributed by atoms with E-state index >= 15 is 4.39 Å². The molecule has 0 unspecified atom stereocenters. The highest BCUT2D eigenvalue weighted by atomic mass is 19.1. The Hall–Kier alpha value is -4.52. The molecule has 7 nitrogen and oxygen atoms in total. The van der Waals surface area contributed by atoms with Gasteiger partial charge in [-0.05, 0) is 55.7 Å². The number of hydrogen-bond donors (Lipinski definition) is 3. The van der Waals surface area contributed by atoms with Crippen LogP contribution in [-0.4, -0.2) is 27.1 Å². The molecule has 2 heterocycles. The molecule has 3 saturated carbocycles. The number of anilines is 1. The lowest BCUT2D eigenvalue weighted by Crippen LogP contribution is -2.51. The number of rotatable bonds is 6. The van der Waals surface area contributed by atoms with Crippen LogP contribution in [0.4, 0.5) is 19.0 Å². The number of fused-ring (bicyclic) bond motifs is 4. The summed E-state index contributed by atoms with van der Waals surface area (Å²) in [4.78, 5) is 19.4. The van der Waals surface area contributed by atoms with Crippen molar-refractivity contribution in [1.82, 2.24) is 9.97 Å². The van der Waals surface area contributed by atoms with Gasteiger partial charge in [0.15, 0.2) is 11.6 Å². The summed E-state index contributed by atoms with van der Waals surface area (Å²) >= 11 is 0. The maximum absolute atomic E-state index is 16.1. The summed E-state index contributed by atoms with van der Waals surface area (Å²) in [5, 5.41) is 23.2. The van der Waals surface area contributed by atoms with E-state index in [0.717, 1.165) is 37.8 Å². The van der Waals surface area contributed by atoms with E-state index in [4.69, 9.17) is 4.74 Å². The van der Waals surface area contributed by atoms with Crippen molar-refractivity contribution in [3.63, 3.8) is 0 Å². The Morgan fingerprint density at radius 1 is 1.10 bits per heavy atom. The van der Waals surface area contributed by atoms with E-state index in [1.165, 1.54) is 6.20 Å². The van der Waals surface area contributed by atoms with Crippen LogP contribution in [0.3, 0.4) is 0 Å². The van der Waals surface area contributed by atoms with Crippen molar-refractivity contribution in [3.05, 3.63) is 71.7 Å². The monoisotopic (exact) mass is 532 g/mol. The fraction of sp³-hybridized carbons (Fsp3) is 0.276. The number of halogens is 3. The van der Waals surface area contributed by atoms with E-state index in [9.17, 15) is 23.9 Å². The van der Waals surface area contributed by atoms with Crippen LogP contribution >= 0.6 is 0 Å². The Balaban J connectivity index is 1.54. The second kappa shape index (κ2) is 9.66. The number of nitriles is 1. The largest absolute Gasteiger partial charge is 0.481 e. The Labute approximate surface area is 221 Å². The van der Waals surface area contributed by atoms with E-state index < -0.39 is 41.1 Å². The number of H-pyrrole nitrogens is 1. The number of aliphatic carboxylic acids is 1. The predicted octanol–water partition coefficient (Wildman–Crippen LogP) is 6.61. The van der Waals surface area contributed by atoms with Crippen LogP contribution in [0.25, 0.3) is 22.2 Å². The fourth-order valence-corrected chi connectivity index (χ4v) is 6.16. The summed E-state index contributed by atoms with van der Waals surface area (Å²) in [5.41, 5.74) is -0.165. The van der Waals surface area contributed by atoms with Gasteiger partial charge in [0, 0.05) is 29.3 Å². The van der Waals surface area contributed by atoms with Crippen LogP contribution in [0.5, 0.6) is 11.5 Å². The first kappa shape index (κ1) is 24.8. The average molecular weight is 533 g/mol. The molecule has 0 saturated heterocycles. The number of carboxylic acids is 1. The highest BCUT2D eigenvalue weighted by Crippen LogP contribution is 2.47. The first-order valence-electron chi connectivity index (χ1n) is 12.7. The number of carboxylic acid groups (broad SMARTS) is 1. The zero-order valence-electron chi connectivity index (χ0n) is 20.5. The van der Waals surface area contributed by atoms with Gasteiger partial charge in [0.05, 0.1) is 17.1 Å². The lowest BCUT2D eigenvalue weighted by molar-refractivity contribution is -0.148. The van der Waals surface area contributed by atoms with Crippen LogP contribution in [0, 0.1) is 46.5 Å². The summed E-state index contributed by atoms with van der Waals surface area (Å²) in [6.45, 7) is 0. The minimum atomic E-state index is -0.959. The third-order valence-corrected chi connectivity index (χ3v) is 7.94. The molecule has 10 heteroatoms. The number of ether oxygens (including phenoxy) is 1. The molecule has 7 rings (SSSR count). The highest BCUT2D eigenvalue weighted by molar-refractivity contribution is 5.97. The molecule has 2 atom stereocenters. The molecule has 198 valence electrons. The van der Waals surface area contributed by atoms with Gasteiger partial charge in [-0.1, -0.05) is 18.2 Å². The van der Waals surface area contributed by atoms with Crippen molar-refractivity contribution in [2.24, 2.45) is 17.8 Å². The first-order chi connectivity index (χ1) is 18.9. The number of aromatic nitrogens is 2. The fourth-order valence-electron chi connectivity index (χ4n) is 6.16. The van der Waals surface area contributed by atoms with E-state index in [2.05, 4.69) is 15.3 Å². The Morgan fingerprint density at radius 3 is 2.51 bits per heavy atom. The SMILES string of the molecule is N#Cc1c(-c2c[nH]c3c(F)cc(F)cc23)nc(N[C@H]2C3CCC(CC3)[C@@H]2C(=O)O)c(F)c1Oc1ccccc1. The number of nitrogens with zero attached hydrogens (tertiary/aromatic N) is 2. The number of nitrogens with one attached hydrogen (secondary N) is 2. The molecule has 3 N–H and O–H groups in total. The molecule has 2 bridgehead atoms. The topological polar surface area (TPSA) is 111 Å². The summed E-state index contributed by atoms with van der Waals surface area (Å²) in [5.74, 6) is -4.79. The number of benzene rings is 2. The molecule has 3 fully saturated rings. The van der Waals surface area contributed by atoms with Crippen molar-refractivity contribution < 1.29 is 27.8 Å². The summed E-state index contributed by atoms with van der Waals surface area (Å²) in [7, 11) is 0. The van der Waals surface area contributed by atoms with Gasteiger partial charge < -0.3 is 20.1 Å². The minimum absolute atomic E-state index is 0.00279. The second-order valence-electron chi connectivity index (χ2n) is 10.1. The Morgan fingerprint density at radius 2 is 1.82 bits per heavy atom. The Kier molecular flexibility index (Phi) is 6.14. The van der Waals surface area contributed by atoms with Gasteiger partial charge in [0.2, 0.25) is 5.82 Å². The van der Waals surface area contributed by atoms with E-state index in [1.54, 1.807) is 30.3 Å². The molecular formula is C29H23F3N4O3. The van der Waals surface area contributed by atoms with Crippen molar-refractivity contribution in [2.75, 3.05) is 5.32 Å². The van der Waals surface area contributed by atoms with Crippen LogP contribution in [0.2, 0.25) is 0 Å². The molecule has 0 amide bonds. The van der Waals surface area contributed by atoms with Gasteiger partial charge in [-0.2, -0.15) is 9.65 Å². The van der Waals surface area contributed by atoms with Crippen molar-refractivity contribution in [2.45, 2.75) is 31.7 Å². The Bertz CT molecular complexity index is 1620. The average Bonchev–Trinajstić information content (AvgIpc) is 3.35. The van der Waals surface area contributed by atoms with Crippen LogP contribution in [0.1, 0.15) is 31.2 Å². The number of hydrogen-bond acceptors (Lipinski definition) is 5. The lowest BCUT2D eigenvalue weighted by Gasteiger charge is -2.47. The van der Waals surface area contributed by atoms with E-state index in [-0.39, 0.29) is 51.1 Å². The smallest absolute Gasteiger partial charge is 0.308 e. The molecule has 4 aromatic rings. The predicted molar refractivity (Wildman–Crippen MR) is 137 cm³/mol. The minimum Gasteiger partial charge on any atom is -0.481 e. The number of carbonyl (C=O) groups is 1. The zero-order chi connectivity index (χ0) is 27.3. The quantitative estimate of drug-likeness (QED) is 0.258. The van der Waals surface area contributed by atoms with E-state index in [1.807, 2.05) is 6.07 Å². The molecule has 2 aromatic heterocycles. The van der Waals surface area contributed by atoms with Gasteiger partial charge in [0.1, 0.15) is 29.0 Å². The van der Waals surface area contributed by atoms with Crippen molar-refractivity contribution >= 4 is 22.7 Å². The summed E-state index contributed by atoms with van der Waals surface area (Å²) in [6.07, 6.45) is 4.58. The normalized spacial score (nSPS) is 22.0. The molecule has 39 heavy (non-hydrogen) atoms. The first-order valence-corrected chi connectivity index (χ1v) is 12.7. The molecular weight excluding hydrogens is 509 g/mol. The van der Waals surface area contributed by atoms with Gasteiger partial charge in [0.25, 0.3) is 0 Å². The van der Waals surface area contributed by atoms with Gasteiger partial charge in [-0.3, -0.25) is 4.79 Å². The summed E-state index contributed by atoms with van der Waals surface area (Å²) < 4.78 is 50.6. The van der Waals surface area contributed by atoms with Crippen LogP contribution < -0.4 is 10.1 Å². The number of para-hydroxylation sites is 1. The van der Waals surface area contributed by atoms with Gasteiger partial charge >= 0.3 is 5.97 Å². The van der Waals surface area contributed by atoms with E-state index in [0.29, 0.717) is 0 Å². The summed E-state index contributed by atoms with van der Waals surface area (Å²) in [6, 6.07) is 11.5. The second-order valence-corrected chi connectivity index (χ2v) is 10.1. The van der Waals surface area contributed by atoms with Crippen LogP contribution in [-0.2, 0) is 4.79 Å². The van der Waals surface area contributed by atoms with Crippen LogP contribution in [0.15, 0.2) is 48.7 Å². The molecule has 2 aromatic carbocycles. The third-order valence-electron chi connectivity index (χ3n) is 7.94. The lowest BCUT2D eigenvalue weighted by atomic mass is 9.61. The molecule has 3 aliphatic rings. The number of aromatic amines is 1. The number of pyridine rings is 1. The standard InChI is InChI=1S/C29H23F3N4O3/c30-16-10-18-20(13-34-26(18)21(31)11-16)25-19(12-33)27(39-17-4-2-1-3-5-17)23(32)28(36-25)35-24-15-8-6-14(7-9-15)22(24)29(37)38/h1-5,10-11,13-15,22,24,34H,6-9H2,(H,35,36)(H,37,38)/t14?,15?,22-,24-/m0/s1. The van der Waals surface area contributed by atoms with Crippen molar-refractivity contribution in [3.8, 4) is 28.8 Å². The zero-order valence-corrected chi connectivity index (χ0v) is 20.5. The highest BCUT2D eigenvalue weighted by Gasteiger charge is 2.48. The third kappa shape index (κ3) is 4.24. The molecule has 0 spiro atoms. The maximum Gasteiger partial charge on any atom is 0.308 e. The molecule has 0 aliphatic heterocycles. The molecule has 0 radical (unpaired) electrons. The maximum atomic E-state index is 16.1. The molecule has 3 aliphatic carbocycles. The van der Waals surface area contributed by atoms with Gasteiger partial charge in [-0.25, -0.2) is 13.8 Å². The van der Waals surface area contributed by atoms with Gasteiger partial charge in [-0.15, -0.1) is 0 Å². The van der Waals surface area contributed by atoms with Crippen molar-refractivity contribution in [1.29, 1.82) is 5.26 Å².